The minimum Gasteiger partial charge on any atom is -0.489 e. The summed E-state index contributed by atoms with van der Waals surface area (Å²) in [5.41, 5.74) is 2.54. The molecule has 0 saturated heterocycles. The molecule has 20 heavy (non-hydrogen) atoms. The molecule has 0 saturated carbocycles. The Morgan fingerprint density at radius 2 is 2.15 bits per heavy atom. The van der Waals surface area contributed by atoms with Gasteiger partial charge in [0.15, 0.2) is 0 Å². The second-order valence-corrected chi connectivity index (χ2v) is 4.38. The standard InChI is InChI=1S/C16H17N3O/c1-2-18-11-13-4-3-5-16(9-13)20-12-14-6-7-19-15(8-14)10-17/h3-9,18H,2,11-12H2,1H3. The van der Waals surface area contributed by atoms with Gasteiger partial charge in [-0.15, -0.1) is 0 Å². The third-order valence-electron chi connectivity index (χ3n) is 2.82. The molecule has 102 valence electrons. The Morgan fingerprint density at radius 1 is 1.25 bits per heavy atom. The fraction of sp³-hybridized carbons (Fsp3) is 0.250. The normalized spacial score (nSPS) is 10.0. The first-order chi connectivity index (χ1) is 9.81. The predicted molar refractivity (Wildman–Crippen MR) is 77.1 cm³/mol. The second-order valence-electron chi connectivity index (χ2n) is 4.38. The molecule has 0 amide bonds. The van der Waals surface area contributed by atoms with Crippen LogP contribution in [0.5, 0.6) is 5.75 Å². The molecule has 4 nitrogen and oxygen atoms in total. The molecule has 0 aliphatic carbocycles. The highest BCUT2D eigenvalue weighted by Gasteiger charge is 2.00. The number of benzene rings is 1. The maximum Gasteiger partial charge on any atom is 0.140 e. The molecule has 2 rings (SSSR count). The topological polar surface area (TPSA) is 57.9 Å². The number of ether oxygens (including phenoxy) is 1. The summed E-state index contributed by atoms with van der Waals surface area (Å²) in [4.78, 5) is 3.94. The number of pyridine rings is 1. The Bertz CT molecular complexity index is 605. The van der Waals surface area contributed by atoms with Crippen LogP contribution in [0.2, 0.25) is 0 Å². The molecule has 0 aliphatic heterocycles. The van der Waals surface area contributed by atoms with E-state index in [4.69, 9.17) is 10.00 Å². The maximum atomic E-state index is 8.81. The van der Waals surface area contributed by atoms with Gasteiger partial charge in [-0.25, -0.2) is 4.98 Å². The Kier molecular flexibility index (Phi) is 5.10. The van der Waals surface area contributed by atoms with Gasteiger partial charge >= 0.3 is 0 Å². The van der Waals surface area contributed by atoms with Crippen LogP contribution in [0.4, 0.5) is 0 Å². The van der Waals surface area contributed by atoms with Crippen LogP contribution in [-0.4, -0.2) is 11.5 Å². The number of hydrogen-bond donors (Lipinski definition) is 1. The highest BCUT2D eigenvalue weighted by Crippen LogP contribution is 2.15. The third kappa shape index (κ3) is 4.08. The van der Waals surface area contributed by atoms with E-state index in [1.807, 2.05) is 30.3 Å². The zero-order valence-electron chi connectivity index (χ0n) is 11.5. The summed E-state index contributed by atoms with van der Waals surface area (Å²) in [5.74, 6) is 0.829. The van der Waals surface area contributed by atoms with Crippen LogP contribution < -0.4 is 10.1 Å². The van der Waals surface area contributed by atoms with Crippen molar-refractivity contribution in [3.63, 3.8) is 0 Å². The number of nitrogens with one attached hydrogen (secondary N) is 1. The Balaban J connectivity index is 1.98. The highest BCUT2D eigenvalue weighted by molar-refractivity contribution is 5.29. The van der Waals surface area contributed by atoms with Gasteiger partial charge in [-0.2, -0.15) is 5.26 Å². The lowest BCUT2D eigenvalue weighted by Gasteiger charge is -2.08. The summed E-state index contributed by atoms with van der Waals surface area (Å²) in [7, 11) is 0. The van der Waals surface area contributed by atoms with E-state index in [9.17, 15) is 0 Å². The van der Waals surface area contributed by atoms with Gasteiger partial charge in [-0.1, -0.05) is 19.1 Å². The largest absolute Gasteiger partial charge is 0.489 e. The van der Waals surface area contributed by atoms with Gasteiger partial charge in [0.1, 0.15) is 24.1 Å². The van der Waals surface area contributed by atoms with Crippen LogP contribution in [0.15, 0.2) is 42.6 Å². The number of nitriles is 1. The smallest absolute Gasteiger partial charge is 0.140 e. The number of aromatic nitrogens is 1. The second kappa shape index (κ2) is 7.27. The molecule has 0 aliphatic rings. The van der Waals surface area contributed by atoms with Gasteiger partial charge in [0.25, 0.3) is 0 Å². The van der Waals surface area contributed by atoms with E-state index in [-0.39, 0.29) is 0 Å². The molecule has 0 unspecified atom stereocenters. The minimum absolute atomic E-state index is 0.409. The summed E-state index contributed by atoms with van der Waals surface area (Å²) < 4.78 is 5.75. The van der Waals surface area contributed by atoms with Gasteiger partial charge < -0.3 is 10.1 Å². The van der Waals surface area contributed by atoms with Gasteiger partial charge in [0.2, 0.25) is 0 Å². The number of nitrogens with zero attached hydrogens (tertiary/aromatic N) is 2. The first-order valence-corrected chi connectivity index (χ1v) is 6.59. The van der Waals surface area contributed by atoms with Crippen molar-refractivity contribution in [2.24, 2.45) is 0 Å². The summed E-state index contributed by atoms with van der Waals surface area (Å²) in [6.07, 6.45) is 1.62. The van der Waals surface area contributed by atoms with Gasteiger partial charge in [-0.05, 0) is 41.9 Å². The molecule has 0 radical (unpaired) electrons. The molecule has 4 heteroatoms. The average molecular weight is 267 g/mol. The molecule has 0 fully saturated rings. The van der Waals surface area contributed by atoms with E-state index >= 15 is 0 Å². The number of hydrogen-bond acceptors (Lipinski definition) is 4. The van der Waals surface area contributed by atoms with Crippen LogP contribution in [-0.2, 0) is 13.2 Å². The molecule has 1 aromatic carbocycles. The first kappa shape index (κ1) is 14.0. The van der Waals surface area contributed by atoms with E-state index in [0.717, 1.165) is 24.4 Å². The fourth-order valence-corrected chi connectivity index (χ4v) is 1.81. The van der Waals surface area contributed by atoms with Crippen molar-refractivity contribution in [1.82, 2.24) is 10.3 Å². The van der Waals surface area contributed by atoms with Crippen molar-refractivity contribution in [3.8, 4) is 11.8 Å². The van der Waals surface area contributed by atoms with Gasteiger partial charge in [-0.3, -0.25) is 0 Å². The molecule has 0 spiro atoms. The van der Waals surface area contributed by atoms with Crippen LogP contribution in [0.25, 0.3) is 0 Å². The van der Waals surface area contributed by atoms with Crippen molar-refractivity contribution < 1.29 is 4.74 Å². The highest BCUT2D eigenvalue weighted by atomic mass is 16.5. The molecular formula is C16H17N3O. The molecule has 0 bridgehead atoms. The molecule has 1 aromatic heterocycles. The first-order valence-electron chi connectivity index (χ1n) is 6.59. The zero-order chi connectivity index (χ0) is 14.2. The zero-order valence-corrected chi connectivity index (χ0v) is 11.5. The Labute approximate surface area is 119 Å². The molecule has 0 atom stereocenters. The van der Waals surface area contributed by atoms with Crippen LogP contribution in [0.1, 0.15) is 23.7 Å². The third-order valence-corrected chi connectivity index (χ3v) is 2.82. The maximum absolute atomic E-state index is 8.81. The van der Waals surface area contributed by atoms with E-state index in [0.29, 0.717) is 12.3 Å². The quantitative estimate of drug-likeness (QED) is 0.874. The fourth-order valence-electron chi connectivity index (χ4n) is 1.81. The van der Waals surface area contributed by atoms with Gasteiger partial charge in [0.05, 0.1) is 0 Å². The minimum atomic E-state index is 0.409. The van der Waals surface area contributed by atoms with Crippen LogP contribution >= 0.6 is 0 Å². The van der Waals surface area contributed by atoms with Crippen LogP contribution in [0.3, 0.4) is 0 Å². The van der Waals surface area contributed by atoms with E-state index < -0.39 is 0 Å². The molecular weight excluding hydrogens is 250 g/mol. The lowest BCUT2D eigenvalue weighted by molar-refractivity contribution is 0.305. The van der Waals surface area contributed by atoms with E-state index in [1.165, 1.54) is 5.56 Å². The van der Waals surface area contributed by atoms with Crippen molar-refractivity contribution in [2.75, 3.05) is 6.54 Å². The SMILES string of the molecule is CCNCc1cccc(OCc2ccnc(C#N)c2)c1. The average Bonchev–Trinajstić information content (AvgIpc) is 2.51. The van der Waals surface area contributed by atoms with Crippen molar-refractivity contribution >= 4 is 0 Å². The summed E-state index contributed by atoms with van der Waals surface area (Å²) in [5, 5.41) is 12.1. The monoisotopic (exact) mass is 267 g/mol. The number of rotatable bonds is 6. The molecule has 1 heterocycles. The lowest BCUT2D eigenvalue weighted by atomic mass is 10.2. The molecule has 2 aromatic rings. The van der Waals surface area contributed by atoms with Crippen molar-refractivity contribution in [1.29, 1.82) is 5.26 Å². The van der Waals surface area contributed by atoms with Gasteiger partial charge in [0, 0.05) is 12.7 Å². The summed E-state index contributed by atoms with van der Waals surface area (Å²) in [6, 6.07) is 13.6. The Morgan fingerprint density at radius 3 is 2.95 bits per heavy atom. The van der Waals surface area contributed by atoms with Crippen LogP contribution in [0, 0.1) is 11.3 Å². The summed E-state index contributed by atoms with van der Waals surface area (Å²) >= 11 is 0. The van der Waals surface area contributed by atoms with E-state index in [2.05, 4.69) is 23.3 Å². The summed E-state index contributed by atoms with van der Waals surface area (Å²) in [6.45, 7) is 4.29. The van der Waals surface area contributed by atoms with Crippen molar-refractivity contribution in [2.45, 2.75) is 20.1 Å². The lowest BCUT2D eigenvalue weighted by Crippen LogP contribution is -2.11. The van der Waals surface area contributed by atoms with Crippen molar-refractivity contribution in [3.05, 3.63) is 59.4 Å². The molecule has 1 N–H and O–H groups in total. The van der Waals surface area contributed by atoms with E-state index in [1.54, 1.807) is 12.3 Å². The Hall–Kier alpha value is -2.38. The predicted octanol–water partition coefficient (Wildman–Crippen LogP) is 2.64.